The Morgan fingerprint density at radius 1 is 1.28 bits per heavy atom. The van der Waals surface area contributed by atoms with Gasteiger partial charge < -0.3 is 5.32 Å². The van der Waals surface area contributed by atoms with Gasteiger partial charge >= 0.3 is 6.03 Å². The second-order valence-corrected chi connectivity index (χ2v) is 7.70. The number of nitrogens with zero attached hydrogens (tertiary/aromatic N) is 3. The fourth-order valence-corrected chi connectivity index (χ4v) is 3.52. The lowest BCUT2D eigenvalue weighted by atomic mass is 10.1. The number of anilines is 1. The molecule has 7 nitrogen and oxygen atoms in total. The second kappa shape index (κ2) is 9.12. The highest BCUT2D eigenvalue weighted by atomic mass is 32.2. The Balaban J connectivity index is 1.73. The van der Waals surface area contributed by atoms with Gasteiger partial charge in [-0.05, 0) is 23.8 Å². The van der Waals surface area contributed by atoms with E-state index in [9.17, 15) is 18.7 Å². The van der Waals surface area contributed by atoms with Crippen molar-refractivity contribution in [2.45, 2.75) is 6.04 Å². The summed E-state index contributed by atoms with van der Waals surface area (Å²) in [6.45, 7) is 0. The summed E-state index contributed by atoms with van der Waals surface area (Å²) in [6.07, 6.45) is 3.13. The maximum atomic E-state index is 13.3. The molecular formula is C20H18FN5O2S. The highest BCUT2D eigenvalue weighted by Gasteiger charge is 2.17. The predicted molar refractivity (Wildman–Crippen MR) is 109 cm³/mol. The van der Waals surface area contributed by atoms with Crippen molar-refractivity contribution >= 4 is 22.6 Å². The van der Waals surface area contributed by atoms with Crippen LogP contribution < -0.4 is 10.6 Å². The minimum atomic E-state index is -1.11. The Kier molecular flexibility index (Phi) is 6.36. The van der Waals surface area contributed by atoms with Crippen molar-refractivity contribution in [1.82, 2.24) is 15.1 Å². The molecule has 2 aromatic carbocycles. The molecule has 0 saturated heterocycles. The van der Waals surface area contributed by atoms with Gasteiger partial charge in [0.1, 0.15) is 11.9 Å². The number of hydrogen-bond donors (Lipinski definition) is 2. The summed E-state index contributed by atoms with van der Waals surface area (Å²) in [7, 11) is -1.11. The van der Waals surface area contributed by atoms with Crippen LogP contribution in [0.25, 0.3) is 5.69 Å². The van der Waals surface area contributed by atoms with Crippen LogP contribution in [0.5, 0.6) is 0 Å². The van der Waals surface area contributed by atoms with Crippen molar-refractivity contribution in [3.05, 3.63) is 77.7 Å². The van der Waals surface area contributed by atoms with E-state index in [1.807, 2.05) is 36.4 Å². The average molecular weight is 411 g/mol. The van der Waals surface area contributed by atoms with Gasteiger partial charge in [0, 0.05) is 35.1 Å². The third-order valence-electron chi connectivity index (χ3n) is 4.07. The molecule has 29 heavy (non-hydrogen) atoms. The van der Waals surface area contributed by atoms with Crippen molar-refractivity contribution in [3.63, 3.8) is 0 Å². The largest absolute Gasteiger partial charge is 0.330 e. The Hall–Kier alpha value is -3.51. The van der Waals surface area contributed by atoms with Gasteiger partial charge in [-0.15, -0.1) is 5.10 Å². The van der Waals surface area contributed by atoms with E-state index in [0.29, 0.717) is 5.69 Å². The fourth-order valence-electron chi connectivity index (χ4n) is 2.77. The molecule has 2 N–H and O–H groups in total. The summed E-state index contributed by atoms with van der Waals surface area (Å²) < 4.78 is 26.4. The minimum absolute atomic E-state index is 0.124. The van der Waals surface area contributed by atoms with Crippen LogP contribution in [0, 0.1) is 17.1 Å². The predicted octanol–water partition coefficient (Wildman–Crippen LogP) is 3.12. The van der Waals surface area contributed by atoms with E-state index >= 15 is 0 Å². The van der Waals surface area contributed by atoms with Gasteiger partial charge in [-0.3, -0.25) is 9.53 Å². The topological polar surface area (TPSA) is 99.8 Å². The molecule has 0 aliphatic carbocycles. The number of benzene rings is 2. The number of nitriles is 1. The van der Waals surface area contributed by atoms with Crippen molar-refractivity contribution in [2.75, 3.05) is 17.3 Å². The molecule has 0 bridgehead atoms. The molecule has 9 heteroatoms. The zero-order valence-corrected chi connectivity index (χ0v) is 16.3. The van der Waals surface area contributed by atoms with E-state index in [1.54, 1.807) is 18.5 Å². The molecule has 3 rings (SSSR count). The zero-order valence-electron chi connectivity index (χ0n) is 15.5. The fraction of sp³-hybridized carbons (Fsp3) is 0.150. The Morgan fingerprint density at radius 2 is 2.03 bits per heavy atom. The number of aromatic nitrogens is 2. The lowest BCUT2D eigenvalue weighted by Crippen LogP contribution is -2.35. The van der Waals surface area contributed by atoms with Gasteiger partial charge in [0.2, 0.25) is 0 Å². The van der Waals surface area contributed by atoms with E-state index in [0.717, 1.165) is 11.6 Å². The van der Waals surface area contributed by atoms with Gasteiger partial charge in [0.25, 0.3) is 0 Å². The van der Waals surface area contributed by atoms with Crippen LogP contribution in [0.1, 0.15) is 17.2 Å². The summed E-state index contributed by atoms with van der Waals surface area (Å²) in [4.78, 5) is 12.4. The van der Waals surface area contributed by atoms with Crippen molar-refractivity contribution in [2.24, 2.45) is 0 Å². The van der Waals surface area contributed by atoms with Crippen LogP contribution in [-0.2, 0) is 10.8 Å². The first kappa shape index (κ1) is 20.2. The van der Waals surface area contributed by atoms with Crippen LogP contribution >= 0.6 is 0 Å². The Labute approximate surface area is 169 Å². The first-order valence-corrected chi connectivity index (χ1v) is 10.4. The van der Waals surface area contributed by atoms with Crippen LogP contribution in [0.15, 0.2) is 60.8 Å². The minimum Gasteiger partial charge on any atom is -0.330 e. The van der Waals surface area contributed by atoms with Gasteiger partial charge in [0.15, 0.2) is 5.82 Å². The van der Waals surface area contributed by atoms with Gasteiger partial charge in [-0.1, -0.05) is 30.3 Å². The molecule has 2 amide bonds. The summed E-state index contributed by atoms with van der Waals surface area (Å²) in [5.41, 5.74) is 1.36. The molecule has 0 aliphatic heterocycles. The quantitative estimate of drug-likeness (QED) is 0.651. The number of halogens is 1. The summed E-state index contributed by atoms with van der Waals surface area (Å²) in [5, 5.41) is 18.8. The van der Waals surface area contributed by atoms with Crippen molar-refractivity contribution < 1.29 is 13.4 Å². The number of nitrogens with one attached hydrogen (secondary N) is 2. The number of hydrogen-bond acceptors (Lipinski definition) is 4. The van der Waals surface area contributed by atoms with Crippen molar-refractivity contribution in [3.8, 4) is 11.8 Å². The van der Waals surface area contributed by atoms with E-state index in [2.05, 4.69) is 15.7 Å². The lowest BCUT2D eigenvalue weighted by Gasteiger charge is -2.18. The van der Waals surface area contributed by atoms with Crippen LogP contribution in [0.4, 0.5) is 15.0 Å². The summed E-state index contributed by atoms with van der Waals surface area (Å²) in [5.74, 6) is 0.00285. The van der Waals surface area contributed by atoms with E-state index in [-0.39, 0.29) is 17.1 Å². The number of urea groups is 1. The summed E-state index contributed by atoms with van der Waals surface area (Å²) >= 11 is 0. The third-order valence-corrected chi connectivity index (χ3v) is 4.87. The van der Waals surface area contributed by atoms with Crippen LogP contribution in [0.2, 0.25) is 0 Å². The number of carbonyl (C=O) groups is 1. The molecule has 2 atom stereocenters. The second-order valence-electron chi connectivity index (χ2n) is 6.22. The van der Waals surface area contributed by atoms with Gasteiger partial charge in [0.05, 0.1) is 17.3 Å². The Morgan fingerprint density at radius 3 is 2.72 bits per heavy atom. The molecule has 1 aromatic heterocycles. The van der Waals surface area contributed by atoms with E-state index in [4.69, 9.17) is 0 Å². The molecule has 0 saturated carbocycles. The molecular weight excluding hydrogens is 393 g/mol. The molecule has 1 heterocycles. The molecule has 0 fully saturated rings. The molecule has 0 radical (unpaired) electrons. The first-order chi connectivity index (χ1) is 14.0. The van der Waals surface area contributed by atoms with Crippen LogP contribution in [-0.4, -0.2) is 32.0 Å². The summed E-state index contributed by atoms with van der Waals surface area (Å²) in [6, 6.07) is 15.6. The van der Waals surface area contributed by atoms with E-state index in [1.165, 1.54) is 16.8 Å². The maximum absolute atomic E-state index is 13.3. The van der Waals surface area contributed by atoms with E-state index < -0.39 is 28.7 Å². The van der Waals surface area contributed by atoms with Gasteiger partial charge in [-0.25, -0.2) is 13.9 Å². The average Bonchev–Trinajstić information content (AvgIpc) is 3.15. The standard InChI is InChI=1S/C20H18FN5O2S/c1-29(28)13-17(14-5-3-2-4-6-14)23-20(27)24-19-9-10-26(25-19)18-8-7-16(21)11-15(18)12-22/h2-11,17H,13H2,1H3,(H2,23,24,25,27). The highest BCUT2D eigenvalue weighted by molar-refractivity contribution is 7.84. The number of amides is 2. The zero-order chi connectivity index (χ0) is 20.8. The first-order valence-electron chi connectivity index (χ1n) is 8.64. The monoisotopic (exact) mass is 411 g/mol. The normalized spacial score (nSPS) is 12.6. The molecule has 2 unspecified atom stereocenters. The number of carbonyl (C=O) groups excluding carboxylic acids is 1. The molecule has 0 aliphatic rings. The lowest BCUT2D eigenvalue weighted by molar-refractivity contribution is 0.249. The Bertz CT molecular complexity index is 1080. The molecule has 148 valence electrons. The third kappa shape index (κ3) is 5.27. The van der Waals surface area contributed by atoms with Crippen LogP contribution in [0.3, 0.4) is 0 Å². The smallest absolute Gasteiger partial charge is 0.320 e. The number of rotatable bonds is 6. The SMILES string of the molecule is CS(=O)CC(NC(=O)Nc1ccn(-c2ccc(F)cc2C#N)n1)c1ccccc1. The molecule has 3 aromatic rings. The maximum Gasteiger partial charge on any atom is 0.320 e. The van der Waals surface area contributed by atoms with Crippen molar-refractivity contribution in [1.29, 1.82) is 5.26 Å². The van der Waals surface area contributed by atoms with Gasteiger partial charge in [-0.2, -0.15) is 5.26 Å². The highest BCUT2D eigenvalue weighted by Crippen LogP contribution is 2.17. The molecule has 0 spiro atoms.